The van der Waals surface area contributed by atoms with Gasteiger partial charge in [0.25, 0.3) is 5.56 Å². The average molecular weight is 444 g/mol. The first kappa shape index (κ1) is 20.3. The van der Waals surface area contributed by atoms with E-state index in [1.165, 1.54) is 15.8 Å². The van der Waals surface area contributed by atoms with E-state index in [4.69, 9.17) is 0 Å². The molecule has 4 rings (SSSR count). The molecule has 0 atom stereocenters. The summed E-state index contributed by atoms with van der Waals surface area (Å²) in [5.41, 5.74) is -0.442. The average Bonchev–Trinajstić information content (AvgIpc) is 3.49. The molecule has 0 bridgehead atoms. The van der Waals surface area contributed by atoms with Crippen molar-refractivity contribution in [2.24, 2.45) is 14.1 Å². The van der Waals surface area contributed by atoms with Crippen molar-refractivity contribution in [3.05, 3.63) is 71.9 Å². The van der Waals surface area contributed by atoms with E-state index in [0.717, 1.165) is 15.9 Å². The molecule has 1 amide bonds. The lowest BCUT2D eigenvalue weighted by molar-refractivity contribution is -0.132. The Hall–Kier alpha value is -2.98. The summed E-state index contributed by atoms with van der Waals surface area (Å²) in [6.45, 7) is 0.660. The van der Waals surface area contributed by atoms with Gasteiger partial charge < -0.3 is 9.47 Å². The van der Waals surface area contributed by atoms with Gasteiger partial charge in [-0.3, -0.25) is 14.2 Å². The summed E-state index contributed by atoms with van der Waals surface area (Å²) < 4.78 is 3.87. The lowest BCUT2D eigenvalue weighted by Crippen LogP contribution is -2.44. The molecule has 10 heteroatoms. The lowest BCUT2D eigenvalue weighted by Gasteiger charge is -2.22. The number of carbonyl (C=O) groups is 1. The van der Waals surface area contributed by atoms with Crippen molar-refractivity contribution in [1.29, 1.82) is 0 Å². The van der Waals surface area contributed by atoms with Crippen LogP contribution in [0.25, 0.3) is 11.2 Å². The molecule has 0 spiro atoms. The van der Waals surface area contributed by atoms with Crippen molar-refractivity contribution in [3.63, 3.8) is 0 Å². The SMILES string of the molecule is Cn1cnc2c1c(=O)n(CC(=O)N(CCc1cccs1)Cc1cccs1)c(=O)n2C. The Morgan fingerprint density at radius 1 is 1.10 bits per heavy atom. The molecule has 0 aromatic carbocycles. The van der Waals surface area contributed by atoms with Crippen LogP contribution in [-0.4, -0.2) is 36.0 Å². The fourth-order valence-electron chi connectivity index (χ4n) is 3.35. The number of nitrogens with zero attached hydrogens (tertiary/aromatic N) is 5. The van der Waals surface area contributed by atoms with Gasteiger partial charge in [0.15, 0.2) is 11.2 Å². The van der Waals surface area contributed by atoms with Crippen molar-refractivity contribution in [1.82, 2.24) is 23.6 Å². The van der Waals surface area contributed by atoms with Gasteiger partial charge in [0.05, 0.1) is 12.9 Å². The highest BCUT2D eigenvalue weighted by Crippen LogP contribution is 2.15. The molecule has 0 aliphatic rings. The molecule has 0 saturated heterocycles. The van der Waals surface area contributed by atoms with Crippen molar-refractivity contribution in [3.8, 4) is 0 Å². The molecule has 4 heterocycles. The molecule has 0 N–H and O–H groups in total. The highest BCUT2D eigenvalue weighted by molar-refractivity contribution is 7.10. The van der Waals surface area contributed by atoms with Crippen LogP contribution in [0.4, 0.5) is 0 Å². The van der Waals surface area contributed by atoms with Crippen LogP contribution in [0.2, 0.25) is 0 Å². The minimum atomic E-state index is -0.547. The second-order valence-electron chi connectivity index (χ2n) is 6.98. The maximum absolute atomic E-state index is 13.2. The summed E-state index contributed by atoms with van der Waals surface area (Å²) in [5.74, 6) is -0.263. The fraction of sp³-hybridized carbons (Fsp3) is 0.300. The second-order valence-corrected chi connectivity index (χ2v) is 9.05. The molecule has 0 unspecified atom stereocenters. The number of imidazole rings is 1. The van der Waals surface area contributed by atoms with E-state index in [9.17, 15) is 14.4 Å². The van der Waals surface area contributed by atoms with Gasteiger partial charge >= 0.3 is 5.69 Å². The smallest absolute Gasteiger partial charge is 0.332 e. The number of thiophene rings is 2. The Morgan fingerprint density at radius 2 is 1.80 bits per heavy atom. The van der Waals surface area contributed by atoms with Crippen LogP contribution in [0.1, 0.15) is 9.75 Å². The van der Waals surface area contributed by atoms with Gasteiger partial charge in [-0.25, -0.2) is 14.3 Å². The van der Waals surface area contributed by atoms with E-state index in [1.54, 1.807) is 46.2 Å². The number of carbonyl (C=O) groups excluding carboxylic acids is 1. The molecule has 0 fully saturated rings. The van der Waals surface area contributed by atoms with Crippen LogP contribution in [-0.2, 0) is 38.4 Å². The van der Waals surface area contributed by atoms with Gasteiger partial charge in [0, 0.05) is 30.4 Å². The minimum Gasteiger partial charge on any atom is -0.336 e. The zero-order chi connectivity index (χ0) is 21.3. The molecular formula is C20H21N5O3S2. The van der Waals surface area contributed by atoms with E-state index >= 15 is 0 Å². The maximum atomic E-state index is 13.2. The Kier molecular flexibility index (Phi) is 5.69. The molecule has 156 valence electrons. The molecule has 0 aliphatic carbocycles. The van der Waals surface area contributed by atoms with Gasteiger partial charge in [-0.15, -0.1) is 22.7 Å². The first-order valence-corrected chi connectivity index (χ1v) is 11.1. The third kappa shape index (κ3) is 3.88. The van der Waals surface area contributed by atoms with E-state index < -0.39 is 11.2 Å². The van der Waals surface area contributed by atoms with Crippen molar-refractivity contribution in [2.75, 3.05) is 6.54 Å². The summed E-state index contributed by atoms with van der Waals surface area (Å²) in [6.07, 6.45) is 2.21. The first-order valence-electron chi connectivity index (χ1n) is 9.39. The first-order chi connectivity index (χ1) is 14.5. The molecule has 8 nitrogen and oxygen atoms in total. The molecule has 30 heavy (non-hydrogen) atoms. The molecule has 0 saturated carbocycles. The molecular weight excluding hydrogens is 422 g/mol. The molecule has 0 radical (unpaired) electrons. The minimum absolute atomic E-state index is 0.263. The van der Waals surface area contributed by atoms with Crippen molar-refractivity contribution >= 4 is 39.7 Å². The summed E-state index contributed by atoms with van der Waals surface area (Å²) in [7, 11) is 3.25. The van der Waals surface area contributed by atoms with Gasteiger partial charge in [-0.05, 0) is 29.3 Å². The number of aryl methyl sites for hydroxylation is 2. The zero-order valence-corrected chi connectivity index (χ0v) is 18.3. The summed E-state index contributed by atoms with van der Waals surface area (Å²) in [5, 5.41) is 3.97. The van der Waals surface area contributed by atoms with E-state index in [1.807, 2.05) is 35.0 Å². The molecule has 4 aromatic heterocycles. The summed E-state index contributed by atoms with van der Waals surface area (Å²) in [4.78, 5) is 46.9. The standard InChI is InChI=1S/C20H21N5O3S2/c1-22-13-21-18-17(22)19(27)25(20(28)23(18)2)12-16(26)24(11-15-6-4-10-30-15)8-7-14-5-3-9-29-14/h3-6,9-10,13H,7-8,11-12H2,1-2H3. The molecule has 0 aliphatic heterocycles. The largest absolute Gasteiger partial charge is 0.336 e. The number of aromatic nitrogens is 4. The summed E-state index contributed by atoms with van der Waals surface area (Å²) >= 11 is 3.22. The lowest BCUT2D eigenvalue weighted by atomic mass is 10.3. The third-order valence-corrected chi connectivity index (χ3v) is 6.78. The Labute approximate surface area is 180 Å². The van der Waals surface area contributed by atoms with Gasteiger partial charge in [-0.2, -0.15) is 0 Å². The Bertz CT molecular complexity index is 1280. The monoisotopic (exact) mass is 443 g/mol. The topological polar surface area (TPSA) is 82.1 Å². The zero-order valence-electron chi connectivity index (χ0n) is 16.6. The van der Waals surface area contributed by atoms with E-state index in [-0.39, 0.29) is 12.5 Å². The number of rotatable bonds is 7. The van der Waals surface area contributed by atoms with Gasteiger partial charge in [-0.1, -0.05) is 12.1 Å². The highest BCUT2D eigenvalue weighted by atomic mass is 32.1. The van der Waals surface area contributed by atoms with Crippen LogP contribution in [0.15, 0.2) is 50.9 Å². The Morgan fingerprint density at radius 3 is 2.47 bits per heavy atom. The van der Waals surface area contributed by atoms with E-state index in [2.05, 4.69) is 4.98 Å². The van der Waals surface area contributed by atoms with Crippen LogP contribution in [0.5, 0.6) is 0 Å². The molecule has 4 aromatic rings. The van der Waals surface area contributed by atoms with Crippen LogP contribution in [0.3, 0.4) is 0 Å². The van der Waals surface area contributed by atoms with Gasteiger partial charge in [0.2, 0.25) is 5.91 Å². The normalized spacial score (nSPS) is 11.3. The number of fused-ring (bicyclic) bond motifs is 1. The summed E-state index contributed by atoms with van der Waals surface area (Å²) in [6, 6.07) is 7.94. The highest BCUT2D eigenvalue weighted by Gasteiger charge is 2.21. The van der Waals surface area contributed by atoms with Crippen molar-refractivity contribution < 1.29 is 4.79 Å². The predicted octanol–water partition coefficient (Wildman–Crippen LogP) is 1.83. The maximum Gasteiger partial charge on any atom is 0.332 e. The van der Waals surface area contributed by atoms with Crippen molar-refractivity contribution in [2.45, 2.75) is 19.5 Å². The Balaban J connectivity index is 1.64. The van der Waals surface area contributed by atoms with Crippen LogP contribution < -0.4 is 11.2 Å². The second kappa shape index (κ2) is 8.41. The van der Waals surface area contributed by atoms with Gasteiger partial charge in [0.1, 0.15) is 6.54 Å². The third-order valence-electron chi connectivity index (χ3n) is 4.98. The fourth-order valence-corrected chi connectivity index (χ4v) is 4.77. The van der Waals surface area contributed by atoms with Crippen LogP contribution >= 0.6 is 22.7 Å². The van der Waals surface area contributed by atoms with E-state index in [0.29, 0.717) is 24.3 Å². The number of amides is 1. The number of hydrogen-bond acceptors (Lipinski definition) is 6. The number of hydrogen-bond donors (Lipinski definition) is 0. The quantitative estimate of drug-likeness (QED) is 0.436. The van der Waals surface area contributed by atoms with Crippen LogP contribution in [0, 0.1) is 0 Å². The predicted molar refractivity (Wildman–Crippen MR) is 118 cm³/mol.